The molecule has 1 amide bonds. The molecule has 0 saturated heterocycles. The number of primary amides is 1. The van der Waals surface area contributed by atoms with Gasteiger partial charge in [-0.15, -0.1) is 0 Å². The zero-order valence-corrected chi connectivity index (χ0v) is 21.0. The quantitative estimate of drug-likeness (QED) is 0.257. The van der Waals surface area contributed by atoms with Crippen LogP contribution in [-0.2, 0) is 6.54 Å². The van der Waals surface area contributed by atoms with Gasteiger partial charge in [0.15, 0.2) is 0 Å². The highest BCUT2D eigenvalue weighted by Crippen LogP contribution is 2.37. The zero-order valence-electron chi connectivity index (χ0n) is 19.5. The van der Waals surface area contributed by atoms with Gasteiger partial charge in [-0.05, 0) is 77.4 Å². The summed E-state index contributed by atoms with van der Waals surface area (Å²) in [6, 6.07) is 31.5. The monoisotopic (exact) mass is 507 g/mol. The molecule has 1 heterocycles. The topological polar surface area (TPSA) is 48.0 Å². The molecule has 6 aromatic rings. The highest BCUT2D eigenvalue weighted by atomic mass is 35.5. The van der Waals surface area contributed by atoms with Crippen LogP contribution >= 0.6 is 23.2 Å². The van der Waals surface area contributed by atoms with E-state index in [0.717, 1.165) is 38.5 Å². The average Bonchev–Trinajstić information content (AvgIpc) is 3.17. The van der Waals surface area contributed by atoms with Crippen molar-refractivity contribution in [3.63, 3.8) is 0 Å². The number of carbonyl (C=O) groups is 1. The lowest BCUT2D eigenvalue weighted by Gasteiger charge is -2.11. The molecule has 1 aromatic heterocycles. The van der Waals surface area contributed by atoms with Crippen LogP contribution in [0.5, 0.6) is 0 Å². The average molecular weight is 508 g/mol. The number of rotatable bonds is 4. The number of nitrogens with zero attached hydrogens (tertiary/aromatic N) is 1. The van der Waals surface area contributed by atoms with E-state index in [9.17, 15) is 4.79 Å². The summed E-state index contributed by atoms with van der Waals surface area (Å²) in [7, 11) is 0. The molecule has 175 valence electrons. The van der Waals surface area contributed by atoms with E-state index in [0.29, 0.717) is 22.2 Å². The molecule has 2 N–H and O–H groups in total. The predicted molar refractivity (Wildman–Crippen MR) is 150 cm³/mol. The molecule has 0 aliphatic carbocycles. The number of amides is 1. The minimum absolute atomic E-state index is 0.459. The fourth-order valence-electron chi connectivity index (χ4n) is 5.01. The number of hydrogen-bond donors (Lipinski definition) is 1. The van der Waals surface area contributed by atoms with Gasteiger partial charge >= 0.3 is 0 Å². The summed E-state index contributed by atoms with van der Waals surface area (Å²) in [5.41, 5.74) is 12.3. The first kappa shape index (κ1) is 22.7. The Morgan fingerprint density at radius 3 is 2.53 bits per heavy atom. The van der Waals surface area contributed by atoms with E-state index in [1.54, 1.807) is 12.1 Å². The van der Waals surface area contributed by atoms with Crippen molar-refractivity contribution < 1.29 is 4.79 Å². The van der Waals surface area contributed by atoms with E-state index < -0.39 is 5.91 Å². The number of benzene rings is 5. The number of aryl methyl sites for hydroxylation is 1. The first-order valence-electron chi connectivity index (χ1n) is 11.6. The van der Waals surface area contributed by atoms with Crippen molar-refractivity contribution >= 4 is 61.7 Å². The summed E-state index contributed by atoms with van der Waals surface area (Å²) < 4.78 is 2.22. The molecular weight excluding hydrogens is 487 g/mol. The van der Waals surface area contributed by atoms with Crippen LogP contribution in [-0.4, -0.2) is 10.5 Å². The molecule has 0 aliphatic rings. The van der Waals surface area contributed by atoms with Gasteiger partial charge in [0.25, 0.3) is 0 Å². The van der Waals surface area contributed by atoms with Crippen molar-refractivity contribution in [1.82, 2.24) is 4.57 Å². The Balaban J connectivity index is 1.60. The van der Waals surface area contributed by atoms with Crippen molar-refractivity contribution in [2.24, 2.45) is 5.73 Å². The smallest absolute Gasteiger partial charge is 0.249 e. The van der Waals surface area contributed by atoms with Crippen LogP contribution in [0.15, 0.2) is 84.9 Å². The molecule has 0 spiro atoms. The standard InChI is InChI=1S/C31H21Cl2N2O/c1-18-5-7-21-14-19(6-8-20(21)13-18)17-35-28-4-2-3-26(31(34)36)30(28)25-11-9-22(15-29(25)35)24-12-10-23(32)16-27(24)33/h2-10,12-16H,17H2,1H3,(H2,34,36). The molecule has 6 rings (SSSR count). The molecule has 0 fully saturated rings. The van der Waals surface area contributed by atoms with E-state index in [-0.39, 0.29) is 0 Å². The lowest BCUT2D eigenvalue weighted by atomic mass is 10.0. The lowest BCUT2D eigenvalue weighted by Crippen LogP contribution is -2.11. The number of fused-ring (bicyclic) bond motifs is 4. The van der Waals surface area contributed by atoms with Crippen molar-refractivity contribution in [2.45, 2.75) is 13.5 Å². The molecule has 36 heavy (non-hydrogen) atoms. The summed E-state index contributed by atoms with van der Waals surface area (Å²) in [4.78, 5) is 12.3. The summed E-state index contributed by atoms with van der Waals surface area (Å²) in [6.07, 6.45) is 0. The van der Waals surface area contributed by atoms with Crippen molar-refractivity contribution in [1.29, 1.82) is 0 Å². The normalized spacial score (nSPS) is 11.5. The van der Waals surface area contributed by atoms with Crippen LogP contribution in [0.25, 0.3) is 43.7 Å². The second kappa shape index (κ2) is 8.70. The Bertz CT molecular complexity index is 1830. The van der Waals surface area contributed by atoms with E-state index in [1.165, 1.54) is 16.3 Å². The van der Waals surface area contributed by atoms with Gasteiger partial charge in [-0.1, -0.05) is 71.2 Å². The SMILES string of the molecule is Cc1ccc2cc(Cn3c4cc(-c5ccc(Cl)cc5Cl)c[c]c4c4c(C(N)=O)cccc43)ccc2c1. The molecule has 0 aliphatic heterocycles. The van der Waals surface area contributed by atoms with E-state index in [1.807, 2.05) is 30.3 Å². The van der Waals surface area contributed by atoms with Crippen molar-refractivity contribution in [3.05, 3.63) is 118 Å². The minimum Gasteiger partial charge on any atom is -0.366 e. The Morgan fingerprint density at radius 1 is 0.917 bits per heavy atom. The molecule has 5 aromatic carbocycles. The highest BCUT2D eigenvalue weighted by molar-refractivity contribution is 6.36. The van der Waals surface area contributed by atoms with Crippen LogP contribution in [0.2, 0.25) is 10.0 Å². The maximum atomic E-state index is 12.3. The van der Waals surface area contributed by atoms with E-state index in [2.05, 4.69) is 60.0 Å². The van der Waals surface area contributed by atoms with Gasteiger partial charge in [0.05, 0.1) is 11.0 Å². The van der Waals surface area contributed by atoms with Crippen LogP contribution in [0.4, 0.5) is 0 Å². The lowest BCUT2D eigenvalue weighted by molar-refractivity contribution is 0.100. The number of nitrogens with two attached hydrogens (primary N) is 1. The third kappa shape index (κ3) is 3.81. The first-order chi connectivity index (χ1) is 17.4. The van der Waals surface area contributed by atoms with Gasteiger partial charge in [-0.3, -0.25) is 4.79 Å². The maximum Gasteiger partial charge on any atom is 0.249 e. The number of aromatic nitrogens is 1. The van der Waals surface area contributed by atoms with Gasteiger partial charge in [0.1, 0.15) is 0 Å². The van der Waals surface area contributed by atoms with Crippen molar-refractivity contribution in [2.75, 3.05) is 0 Å². The second-order valence-electron chi connectivity index (χ2n) is 9.11. The van der Waals surface area contributed by atoms with Crippen LogP contribution in [0, 0.1) is 13.0 Å². The van der Waals surface area contributed by atoms with E-state index >= 15 is 0 Å². The maximum absolute atomic E-state index is 12.3. The number of carbonyl (C=O) groups excluding carboxylic acids is 1. The molecule has 3 nitrogen and oxygen atoms in total. The van der Waals surface area contributed by atoms with Crippen LogP contribution < -0.4 is 5.73 Å². The molecule has 0 atom stereocenters. The largest absolute Gasteiger partial charge is 0.366 e. The first-order valence-corrected chi connectivity index (χ1v) is 12.4. The summed E-state index contributed by atoms with van der Waals surface area (Å²) in [5, 5.41) is 5.22. The predicted octanol–water partition coefficient (Wildman–Crippen LogP) is 8.18. The van der Waals surface area contributed by atoms with E-state index in [4.69, 9.17) is 28.9 Å². The number of halogens is 2. The van der Waals surface area contributed by atoms with Gasteiger partial charge in [-0.2, -0.15) is 0 Å². The second-order valence-corrected chi connectivity index (χ2v) is 9.95. The molecular formula is C31H21Cl2N2O. The third-order valence-electron chi connectivity index (χ3n) is 6.70. The summed E-state index contributed by atoms with van der Waals surface area (Å²) in [5.74, 6) is -0.459. The van der Waals surface area contributed by atoms with Gasteiger partial charge in [0, 0.05) is 38.5 Å². The Labute approximate surface area is 218 Å². The zero-order chi connectivity index (χ0) is 25.0. The van der Waals surface area contributed by atoms with Crippen molar-refractivity contribution in [3.8, 4) is 11.1 Å². The fourth-order valence-corrected chi connectivity index (χ4v) is 5.52. The fraction of sp³-hybridized carbons (Fsp3) is 0.0645. The molecule has 5 heteroatoms. The molecule has 0 bridgehead atoms. The summed E-state index contributed by atoms with van der Waals surface area (Å²) >= 11 is 12.7. The van der Waals surface area contributed by atoms with Gasteiger partial charge in [-0.25, -0.2) is 0 Å². The molecule has 1 radical (unpaired) electrons. The third-order valence-corrected chi connectivity index (χ3v) is 7.25. The Morgan fingerprint density at radius 2 is 1.72 bits per heavy atom. The molecule has 0 saturated carbocycles. The Hall–Kier alpha value is -3.79. The highest BCUT2D eigenvalue weighted by Gasteiger charge is 2.18. The summed E-state index contributed by atoms with van der Waals surface area (Å²) in [6.45, 7) is 2.72. The molecule has 0 unspecified atom stereocenters. The van der Waals surface area contributed by atoms with Gasteiger partial charge in [0.2, 0.25) is 5.91 Å². The van der Waals surface area contributed by atoms with Gasteiger partial charge < -0.3 is 10.3 Å². The minimum atomic E-state index is -0.459. The Kier molecular flexibility index (Phi) is 5.48. The number of hydrogen-bond acceptors (Lipinski definition) is 1. The van der Waals surface area contributed by atoms with Crippen LogP contribution in [0.3, 0.4) is 0 Å². The van der Waals surface area contributed by atoms with Crippen LogP contribution in [0.1, 0.15) is 21.5 Å².